The summed E-state index contributed by atoms with van der Waals surface area (Å²) in [4.78, 5) is 26.2. The predicted molar refractivity (Wildman–Crippen MR) is 113 cm³/mol. The van der Waals surface area contributed by atoms with Crippen molar-refractivity contribution in [1.29, 1.82) is 0 Å². The van der Waals surface area contributed by atoms with E-state index in [0.29, 0.717) is 25.0 Å². The molecule has 7 nitrogen and oxygen atoms in total. The molecule has 0 aliphatic carbocycles. The summed E-state index contributed by atoms with van der Waals surface area (Å²) in [6.45, 7) is 7.68. The molecule has 29 heavy (non-hydrogen) atoms. The van der Waals surface area contributed by atoms with E-state index in [1.54, 1.807) is 0 Å². The molecule has 1 aromatic heterocycles. The number of rotatable bonds is 6. The number of fused-ring (bicyclic) bond motifs is 2. The van der Waals surface area contributed by atoms with Crippen molar-refractivity contribution in [3.8, 4) is 0 Å². The molecular weight excluding hydrogens is 372 g/mol. The van der Waals surface area contributed by atoms with Crippen molar-refractivity contribution in [2.75, 3.05) is 31.1 Å². The lowest BCUT2D eigenvalue weighted by molar-refractivity contribution is 0.0528. The molecule has 2 heterocycles. The topological polar surface area (TPSA) is 92.0 Å². The van der Waals surface area contributed by atoms with Gasteiger partial charge >= 0.3 is 11.7 Å². The molecule has 0 saturated carbocycles. The van der Waals surface area contributed by atoms with E-state index < -0.39 is 17.3 Å². The van der Waals surface area contributed by atoms with Gasteiger partial charge in [0, 0.05) is 49.4 Å². The number of aliphatic hydroxyl groups is 1. The molecule has 0 bridgehead atoms. The highest BCUT2D eigenvalue weighted by Crippen LogP contribution is 2.32. The normalized spacial score (nSPS) is 14.0. The number of nitrogens with one attached hydrogen (secondary N) is 1. The average Bonchev–Trinajstić information content (AvgIpc) is 2.63. The molecule has 0 saturated heterocycles. The summed E-state index contributed by atoms with van der Waals surface area (Å²) in [5.74, 6) is 0. The minimum absolute atomic E-state index is 0.156. The van der Waals surface area contributed by atoms with Gasteiger partial charge in [0.2, 0.25) is 0 Å². The second-order valence-corrected chi connectivity index (χ2v) is 8.41. The lowest BCUT2D eigenvalue weighted by atomic mass is 9.97. The van der Waals surface area contributed by atoms with E-state index >= 15 is 0 Å². The van der Waals surface area contributed by atoms with E-state index in [4.69, 9.17) is 14.3 Å². The summed E-state index contributed by atoms with van der Waals surface area (Å²) >= 11 is 0. The molecule has 1 aliphatic rings. The summed E-state index contributed by atoms with van der Waals surface area (Å²) in [5, 5.41) is 12.8. The number of hydrogen-bond donors (Lipinski definition) is 2. The van der Waals surface area contributed by atoms with E-state index in [1.165, 1.54) is 11.6 Å². The summed E-state index contributed by atoms with van der Waals surface area (Å²) in [7, 11) is 0. The Hall–Kier alpha value is -2.54. The number of carbonyl (C=O) groups is 1. The third-order valence-corrected chi connectivity index (χ3v) is 4.89. The fourth-order valence-corrected chi connectivity index (χ4v) is 3.70. The molecule has 0 unspecified atom stereocenters. The van der Waals surface area contributed by atoms with Crippen LogP contribution in [0.4, 0.5) is 10.5 Å². The fraction of sp³-hybridized carbons (Fsp3) is 0.545. The van der Waals surface area contributed by atoms with Crippen LogP contribution in [0.15, 0.2) is 27.4 Å². The van der Waals surface area contributed by atoms with Crippen molar-refractivity contribution in [2.45, 2.75) is 52.1 Å². The van der Waals surface area contributed by atoms with Crippen LogP contribution in [0.2, 0.25) is 0 Å². The quantitative estimate of drug-likeness (QED) is 0.722. The van der Waals surface area contributed by atoms with Crippen molar-refractivity contribution in [1.82, 2.24) is 5.32 Å². The SMILES string of the molecule is CC(C)(C)OC(=O)NCCc1cc(=O)oc2cc3c(cc12)CCCN3CCCO. The summed E-state index contributed by atoms with van der Waals surface area (Å²) < 4.78 is 10.7. The lowest BCUT2D eigenvalue weighted by Crippen LogP contribution is -2.33. The zero-order chi connectivity index (χ0) is 21.0. The van der Waals surface area contributed by atoms with Crippen LogP contribution >= 0.6 is 0 Å². The van der Waals surface area contributed by atoms with Crippen LogP contribution in [-0.4, -0.2) is 43.0 Å². The molecular formula is C22H30N2O5. The van der Waals surface area contributed by atoms with E-state index in [0.717, 1.165) is 42.6 Å². The Balaban J connectivity index is 1.82. The zero-order valence-corrected chi connectivity index (χ0v) is 17.4. The molecule has 1 aromatic carbocycles. The fourth-order valence-electron chi connectivity index (χ4n) is 3.70. The second-order valence-electron chi connectivity index (χ2n) is 8.41. The van der Waals surface area contributed by atoms with Crippen LogP contribution < -0.4 is 15.8 Å². The highest BCUT2D eigenvalue weighted by Gasteiger charge is 2.20. The average molecular weight is 402 g/mol. The Morgan fingerprint density at radius 2 is 2.10 bits per heavy atom. The molecule has 158 valence electrons. The smallest absolute Gasteiger partial charge is 0.407 e. The first-order chi connectivity index (χ1) is 13.8. The number of aliphatic hydroxyl groups excluding tert-OH is 1. The van der Waals surface area contributed by atoms with Gasteiger partial charge in [-0.25, -0.2) is 9.59 Å². The predicted octanol–water partition coefficient (Wildman–Crippen LogP) is 3.00. The van der Waals surface area contributed by atoms with E-state index in [-0.39, 0.29) is 6.61 Å². The van der Waals surface area contributed by atoms with Gasteiger partial charge in [-0.15, -0.1) is 0 Å². The molecule has 0 fully saturated rings. The Morgan fingerprint density at radius 1 is 1.31 bits per heavy atom. The molecule has 1 amide bonds. The van der Waals surface area contributed by atoms with Crippen LogP contribution in [0.1, 0.15) is 44.7 Å². The van der Waals surface area contributed by atoms with Gasteiger partial charge in [-0.05, 0) is 63.6 Å². The first kappa shape index (κ1) is 21.2. The number of aryl methyl sites for hydroxylation is 1. The summed E-state index contributed by atoms with van der Waals surface area (Å²) in [6, 6.07) is 5.53. The largest absolute Gasteiger partial charge is 0.444 e. The van der Waals surface area contributed by atoms with E-state index in [1.807, 2.05) is 26.8 Å². The van der Waals surface area contributed by atoms with Gasteiger partial charge in [0.05, 0.1) is 0 Å². The number of ether oxygens (including phenoxy) is 1. The molecule has 0 spiro atoms. The van der Waals surface area contributed by atoms with Crippen LogP contribution in [0, 0.1) is 0 Å². The maximum Gasteiger partial charge on any atom is 0.407 e. The first-order valence-electron chi connectivity index (χ1n) is 10.2. The van der Waals surface area contributed by atoms with Gasteiger partial charge < -0.3 is 24.5 Å². The number of anilines is 1. The number of hydrogen-bond acceptors (Lipinski definition) is 6. The first-order valence-corrected chi connectivity index (χ1v) is 10.2. The Morgan fingerprint density at radius 3 is 2.83 bits per heavy atom. The number of alkyl carbamates (subject to hydrolysis) is 1. The summed E-state index contributed by atoms with van der Waals surface area (Å²) in [6.07, 6.45) is 2.76. The third kappa shape index (κ3) is 5.50. The van der Waals surface area contributed by atoms with Crippen LogP contribution in [0.25, 0.3) is 11.0 Å². The second kappa shape index (κ2) is 8.86. The van der Waals surface area contributed by atoms with Gasteiger partial charge in [-0.3, -0.25) is 0 Å². The van der Waals surface area contributed by atoms with Crippen molar-refractivity contribution in [2.24, 2.45) is 0 Å². The minimum Gasteiger partial charge on any atom is -0.444 e. The standard InChI is InChI=1S/C22H30N2O5/c1-22(2,3)29-21(27)23-8-7-15-13-20(26)28-19-14-18-16(12-17(15)19)6-4-9-24(18)10-5-11-25/h12-14,25H,4-11H2,1-3H3,(H,23,27). The zero-order valence-electron chi connectivity index (χ0n) is 17.4. The van der Waals surface area contributed by atoms with Gasteiger partial charge in [0.15, 0.2) is 0 Å². The van der Waals surface area contributed by atoms with Gasteiger partial charge in [-0.2, -0.15) is 0 Å². The molecule has 0 radical (unpaired) electrons. The van der Waals surface area contributed by atoms with Crippen LogP contribution in [0.5, 0.6) is 0 Å². The van der Waals surface area contributed by atoms with E-state index in [9.17, 15) is 9.59 Å². The van der Waals surface area contributed by atoms with Gasteiger partial charge in [-0.1, -0.05) is 0 Å². The van der Waals surface area contributed by atoms with E-state index in [2.05, 4.69) is 16.3 Å². The monoisotopic (exact) mass is 402 g/mol. The van der Waals surface area contributed by atoms with Gasteiger partial charge in [0.1, 0.15) is 11.2 Å². The number of carbonyl (C=O) groups excluding carboxylic acids is 1. The Labute approximate surface area is 170 Å². The number of amides is 1. The maximum atomic E-state index is 12.1. The van der Waals surface area contributed by atoms with Crippen molar-refractivity contribution in [3.63, 3.8) is 0 Å². The Bertz CT molecular complexity index is 929. The van der Waals surface area contributed by atoms with Gasteiger partial charge in [0.25, 0.3) is 0 Å². The summed E-state index contributed by atoms with van der Waals surface area (Å²) in [5.41, 5.74) is 2.75. The maximum absolute atomic E-state index is 12.1. The molecule has 2 N–H and O–H groups in total. The molecule has 7 heteroatoms. The third-order valence-electron chi connectivity index (χ3n) is 4.89. The highest BCUT2D eigenvalue weighted by atomic mass is 16.6. The van der Waals surface area contributed by atoms with Crippen LogP contribution in [-0.2, 0) is 17.6 Å². The Kier molecular flexibility index (Phi) is 6.47. The molecule has 1 aliphatic heterocycles. The number of benzene rings is 1. The lowest BCUT2D eigenvalue weighted by Gasteiger charge is -2.31. The molecule has 2 aromatic rings. The minimum atomic E-state index is -0.550. The van der Waals surface area contributed by atoms with Crippen molar-refractivity contribution < 1.29 is 19.1 Å². The molecule has 3 rings (SSSR count). The van der Waals surface area contributed by atoms with Crippen LogP contribution in [0.3, 0.4) is 0 Å². The highest BCUT2D eigenvalue weighted by molar-refractivity contribution is 5.86. The van der Waals surface area contributed by atoms with Crippen molar-refractivity contribution >= 4 is 22.7 Å². The van der Waals surface area contributed by atoms with Crippen molar-refractivity contribution in [3.05, 3.63) is 39.7 Å². The molecule has 0 atom stereocenters. The number of nitrogens with zero attached hydrogens (tertiary/aromatic N) is 1.